The van der Waals surface area contributed by atoms with Crippen LogP contribution in [0.25, 0.3) is 0 Å². The highest BCUT2D eigenvalue weighted by Crippen LogP contribution is 2.28. The first-order valence-electron chi connectivity index (χ1n) is 5.65. The summed E-state index contributed by atoms with van der Waals surface area (Å²) in [5, 5.41) is 9.02. The van der Waals surface area contributed by atoms with Crippen LogP contribution in [0.5, 0.6) is 0 Å². The molecule has 8 heteroatoms. The summed E-state index contributed by atoms with van der Waals surface area (Å²) in [6, 6.07) is 0. The number of ether oxygens (including phenoxy) is 1. The molecule has 0 saturated carbocycles. The summed E-state index contributed by atoms with van der Waals surface area (Å²) in [4.78, 5) is 3.60. The Kier molecular flexibility index (Phi) is 3.91. The van der Waals surface area contributed by atoms with Crippen molar-refractivity contribution in [1.29, 1.82) is 0 Å². The summed E-state index contributed by atoms with van der Waals surface area (Å²) in [5.74, 6) is -6.50. The van der Waals surface area contributed by atoms with Gasteiger partial charge >= 0.3 is 0 Å². The molecule has 106 valence electrons. The molecule has 1 aromatic rings. The van der Waals surface area contributed by atoms with Crippen molar-refractivity contribution in [2.75, 3.05) is 24.6 Å². The first kappa shape index (κ1) is 14.0. The second-order valence-electron chi connectivity index (χ2n) is 4.33. The summed E-state index contributed by atoms with van der Waals surface area (Å²) in [7, 11) is 0. The molecular weight excluding hydrogens is 268 g/mol. The van der Waals surface area contributed by atoms with Crippen LogP contribution in [-0.4, -0.2) is 42.0 Å². The Balaban J connectivity index is 2.40. The second-order valence-corrected chi connectivity index (χ2v) is 4.33. The van der Waals surface area contributed by atoms with E-state index in [1.54, 1.807) is 6.92 Å². The number of halogens is 4. The number of morpholine rings is 1. The molecule has 2 heterocycles. The van der Waals surface area contributed by atoms with Gasteiger partial charge in [-0.1, -0.05) is 0 Å². The van der Waals surface area contributed by atoms with Crippen LogP contribution in [-0.2, 0) is 4.74 Å². The molecule has 1 saturated heterocycles. The lowest BCUT2D eigenvalue weighted by Crippen LogP contribution is -2.48. The van der Waals surface area contributed by atoms with Crippen molar-refractivity contribution < 1.29 is 27.4 Å². The molecule has 1 aliphatic rings. The lowest BCUT2D eigenvalue weighted by molar-refractivity contribution is -0.0424. The van der Waals surface area contributed by atoms with Gasteiger partial charge in [0.25, 0.3) is 11.9 Å². The molecule has 1 fully saturated rings. The van der Waals surface area contributed by atoms with Crippen LogP contribution in [0.3, 0.4) is 0 Å². The first-order chi connectivity index (χ1) is 8.93. The van der Waals surface area contributed by atoms with E-state index in [1.807, 2.05) is 0 Å². The molecule has 19 heavy (non-hydrogen) atoms. The zero-order chi connectivity index (χ0) is 14.2. The number of hydrogen-bond donors (Lipinski definition) is 1. The predicted octanol–water partition coefficient (Wildman–Crippen LogP) is 1.22. The van der Waals surface area contributed by atoms with Gasteiger partial charge in [-0.15, -0.1) is 0 Å². The summed E-state index contributed by atoms with van der Waals surface area (Å²) in [6.07, 6.45) is -1.12. The van der Waals surface area contributed by atoms with Crippen molar-refractivity contribution in [3.05, 3.63) is 23.5 Å². The van der Waals surface area contributed by atoms with Gasteiger partial charge in [-0.25, -0.2) is 0 Å². The number of anilines is 1. The number of aliphatic hydroxyl groups is 1. The largest absolute Gasteiger partial charge is 0.394 e. The van der Waals surface area contributed by atoms with Crippen LogP contribution < -0.4 is 4.90 Å². The maximum Gasteiger partial charge on any atom is 0.253 e. The van der Waals surface area contributed by atoms with Gasteiger partial charge in [0.1, 0.15) is 5.69 Å². The summed E-state index contributed by atoms with van der Waals surface area (Å²) in [6.45, 7) is 1.24. The van der Waals surface area contributed by atoms with Crippen molar-refractivity contribution >= 4 is 5.69 Å². The van der Waals surface area contributed by atoms with Crippen LogP contribution in [0.4, 0.5) is 23.2 Å². The van der Waals surface area contributed by atoms with Crippen LogP contribution in [0.2, 0.25) is 0 Å². The number of pyridine rings is 1. The average molecular weight is 280 g/mol. The standard InChI is InChI=1S/C11H12F4N2O2/c1-5-2-17(3-6(4-18)19-5)9-7(12)10(14)16-11(15)8(9)13/h5-6,18H,2-4H2,1H3. The maximum atomic E-state index is 13.6. The van der Waals surface area contributed by atoms with E-state index < -0.39 is 41.4 Å². The van der Waals surface area contributed by atoms with Gasteiger partial charge in [0.15, 0.2) is 0 Å². The van der Waals surface area contributed by atoms with Crippen molar-refractivity contribution in [2.24, 2.45) is 0 Å². The highest BCUT2D eigenvalue weighted by molar-refractivity contribution is 5.49. The lowest BCUT2D eigenvalue weighted by Gasteiger charge is -2.37. The average Bonchev–Trinajstić information content (AvgIpc) is 2.36. The minimum Gasteiger partial charge on any atom is -0.394 e. The monoisotopic (exact) mass is 280 g/mol. The molecule has 0 aliphatic carbocycles. The quantitative estimate of drug-likeness (QED) is 0.653. The van der Waals surface area contributed by atoms with Crippen molar-refractivity contribution in [3.8, 4) is 0 Å². The highest BCUT2D eigenvalue weighted by atomic mass is 19.2. The van der Waals surface area contributed by atoms with E-state index in [2.05, 4.69) is 4.98 Å². The normalized spacial score (nSPS) is 23.8. The number of aliphatic hydroxyl groups excluding tert-OH is 1. The van der Waals surface area contributed by atoms with Crippen LogP contribution >= 0.6 is 0 Å². The third kappa shape index (κ3) is 2.64. The zero-order valence-corrected chi connectivity index (χ0v) is 10.0. The molecule has 0 aromatic carbocycles. The number of hydrogen-bond acceptors (Lipinski definition) is 4. The molecule has 1 aromatic heterocycles. The molecule has 1 aliphatic heterocycles. The third-order valence-electron chi connectivity index (χ3n) is 2.82. The molecule has 1 N–H and O–H groups in total. The number of nitrogens with zero attached hydrogens (tertiary/aromatic N) is 2. The molecule has 2 rings (SSSR count). The Bertz CT molecular complexity index is 460. The summed E-state index contributed by atoms with van der Waals surface area (Å²) in [5.41, 5.74) is -0.821. The van der Waals surface area contributed by atoms with E-state index in [0.717, 1.165) is 4.90 Å². The SMILES string of the molecule is CC1CN(c2c(F)c(F)nc(F)c2F)CC(CO)O1. The molecule has 2 unspecified atom stereocenters. The van der Waals surface area contributed by atoms with Crippen molar-refractivity contribution in [2.45, 2.75) is 19.1 Å². The van der Waals surface area contributed by atoms with Crippen molar-refractivity contribution in [3.63, 3.8) is 0 Å². The van der Waals surface area contributed by atoms with E-state index in [9.17, 15) is 17.6 Å². The van der Waals surface area contributed by atoms with E-state index in [1.165, 1.54) is 0 Å². The Labute approximate surface area is 106 Å². The van der Waals surface area contributed by atoms with Crippen molar-refractivity contribution in [1.82, 2.24) is 4.98 Å². The summed E-state index contributed by atoms with van der Waals surface area (Å²) < 4.78 is 58.6. The summed E-state index contributed by atoms with van der Waals surface area (Å²) >= 11 is 0. The fourth-order valence-electron chi connectivity index (χ4n) is 2.08. The second kappa shape index (κ2) is 5.30. The topological polar surface area (TPSA) is 45.6 Å². The lowest BCUT2D eigenvalue weighted by atomic mass is 10.2. The van der Waals surface area contributed by atoms with Crippen LogP contribution in [0.1, 0.15) is 6.92 Å². The Morgan fingerprint density at radius 2 is 1.79 bits per heavy atom. The molecule has 0 spiro atoms. The molecule has 0 radical (unpaired) electrons. The van der Waals surface area contributed by atoms with E-state index in [4.69, 9.17) is 9.84 Å². The smallest absolute Gasteiger partial charge is 0.253 e. The molecule has 2 atom stereocenters. The maximum absolute atomic E-state index is 13.6. The van der Waals surface area contributed by atoms with Gasteiger partial charge in [-0.3, -0.25) is 0 Å². The van der Waals surface area contributed by atoms with Crippen LogP contribution in [0.15, 0.2) is 0 Å². The molecule has 4 nitrogen and oxygen atoms in total. The molecule has 0 amide bonds. The first-order valence-corrected chi connectivity index (χ1v) is 5.65. The van der Waals surface area contributed by atoms with E-state index >= 15 is 0 Å². The van der Waals surface area contributed by atoms with E-state index in [-0.39, 0.29) is 19.7 Å². The number of rotatable bonds is 2. The third-order valence-corrected chi connectivity index (χ3v) is 2.82. The van der Waals surface area contributed by atoms with E-state index in [0.29, 0.717) is 0 Å². The minimum absolute atomic E-state index is 0.0488. The number of aromatic nitrogens is 1. The Morgan fingerprint density at radius 3 is 2.32 bits per heavy atom. The fourth-order valence-corrected chi connectivity index (χ4v) is 2.08. The highest BCUT2D eigenvalue weighted by Gasteiger charge is 2.31. The van der Waals surface area contributed by atoms with Gasteiger partial charge in [0.05, 0.1) is 18.8 Å². The predicted molar refractivity (Wildman–Crippen MR) is 57.7 cm³/mol. The van der Waals surface area contributed by atoms with Gasteiger partial charge in [0.2, 0.25) is 11.6 Å². The van der Waals surface area contributed by atoms with Crippen LogP contribution in [0, 0.1) is 23.5 Å². The molecule has 0 bridgehead atoms. The van der Waals surface area contributed by atoms with Gasteiger partial charge in [-0.2, -0.15) is 22.5 Å². The van der Waals surface area contributed by atoms with Gasteiger partial charge < -0.3 is 14.7 Å². The Hall–Kier alpha value is -1.41. The van der Waals surface area contributed by atoms with Gasteiger partial charge in [0, 0.05) is 13.1 Å². The van der Waals surface area contributed by atoms with Gasteiger partial charge in [-0.05, 0) is 6.92 Å². The Morgan fingerprint density at radius 1 is 1.21 bits per heavy atom. The zero-order valence-electron chi connectivity index (χ0n) is 10.0. The molecular formula is C11H12F4N2O2. The fraction of sp³-hybridized carbons (Fsp3) is 0.545. The minimum atomic E-state index is -1.70.